The lowest BCUT2D eigenvalue weighted by atomic mass is 9.87. The van der Waals surface area contributed by atoms with E-state index in [1.165, 1.54) is 17.7 Å². The molecule has 2 unspecified atom stereocenters. The highest BCUT2D eigenvalue weighted by molar-refractivity contribution is 7.11. The standard InChI is InChI=1S/C13H22N2OS/c1-9-13(17-10(2)15-9)8-14-7-11-4-3-5-12(16)6-11/h11-12,14,16H,3-8H2,1-2H3. The Hall–Kier alpha value is -0.450. The van der Waals surface area contributed by atoms with E-state index < -0.39 is 0 Å². The first kappa shape index (κ1) is 13.0. The van der Waals surface area contributed by atoms with Gasteiger partial charge in [0.05, 0.1) is 16.8 Å². The molecule has 1 saturated carbocycles. The van der Waals surface area contributed by atoms with E-state index in [0.717, 1.165) is 36.6 Å². The number of aliphatic hydroxyl groups excluding tert-OH is 1. The Morgan fingerprint density at radius 1 is 1.41 bits per heavy atom. The Kier molecular flexibility index (Phi) is 4.54. The van der Waals surface area contributed by atoms with Crippen LogP contribution in [0, 0.1) is 19.8 Å². The van der Waals surface area contributed by atoms with Crippen molar-refractivity contribution >= 4 is 11.3 Å². The van der Waals surface area contributed by atoms with Gasteiger partial charge in [0, 0.05) is 11.4 Å². The van der Waals surface area contributed by atoms with Crippen LogP contribution < -0.4 is 5.32 Å². The van der Waals surface area contributed by atoms with Crippen molar-refractivity contribution in [1.82, 2.24) is 10.3 Å². The van der Waals surface area contributed by atoms with Crippen molar-refractivity contribution in [1.29, 1.82) is 0 Å². The van der Waals surface area contributed by atoms with Crippen LogP contribution in [-0.2, 0) is 6.54 Å². The molecular formula is C13H22N2OS. The molecule has 0 saturated heterocycles. The maximum atomic E-state index is 9.61. The van der Waals surface area contributed by atoms with Crippen LogP contribution >= 0.6 is 11.3 Å². The van der Waals surface area contributed by atoms with E-state index in [1.54, 1.807) is 11.3 Å². The van der Waals surface area contributed by atoms with Crippen LogP contribution in [0.1, 0.15) is 41.3 Å². The lowest BCUT2D eigenvalue weighted by Crippen LogP contribution is -2.28. The second-order valence-corrected chi connectivity index (χ2v) is 6.35. The number of hydrogen-bond acceptors (Lipinski definition) is 4. The van der Waals surface area contributed by atoms with Gasteiger partial charge in [-0.2, -0.15) is 0 Å². The number of nitrogens with one attached hydrogen (secondary N) is 1. The zero-order chi connectivity index (χ0) is 12.3. The molecule has 1 aromatic rings. The van der Waals surface area contributed by atoms with Crippen molar-refractivity contribution in [3.63, 3.8) is 0 Å². The largest absolute Gasteiger partial charge is 0.393 e. The Labute approximate surface area is 107 Å². The maximum Gasteiger partial charge on any atom is 0.0900 e. The van der Waals surface area contributed by atoms with Gasteiger partial charge in [-0.15, -0.1) is 11.3 Å². The van der Waals surface area contributed by atoms with E-state index in [4.69, 9.17) is 0 Å². The molecule has 17 heavy (non-hydrogen) atoms. The summed E-state index contributed by atoms with van der Waals surface area (Å²) in [5.41, 5.74) is 1.16. The molecule has 2 N–H and O–H groups in total. The molecule has 96 valence electrons. The molecule has 2 rings (SSSR count). The fourth-order valence-electron chi connectivity index (χ4n) is 2.58. The molecule has 1 fully saturated rings. The summed E-state index contributed by atoms with van der Waals surface area (Å²) in [6, 6.07) is 0. The number of rotatable bonds is 4. The average molecular weight is 254 g/mol. The number of thiazole rings is 1. The first-order valence-electron chi connectivity index (χ1n) is 6.47. The molecule has 1 aliphatic rings. The summed E-state index contributed by atoms with van der Waals surface area (Å²) in [7, 11) is 0. The van der Waals surface area contributed by atoms with E-state index in [1.807, 2.05) is 0 Å². The Morgan fingerprint density at radius 2 is 2.24 bits per heavy atom. The molecule has 2 atom stereocenters. The van der Waals surface area contributed by atoms with Crippen molar-refractivity contribution in [2.75, 3.05) is 6.54 Å². The van der Waals surface area contributed by atoms with Crippen molar-refractivity contribution in [2.45, 2.75) is 52.2 Å². The SMILES string of the molecule is Cc1nc(C)c(CNCC2CCCC(O)C2)s1. The Morgan fingerprint density at radius 3 is 2.88 bits per heavy atom. The van der Waals surface area contributed by atoms with Crippen LogP contribution in [0.5, 0.6) is 0 Å². The van der Waals surface area contributed by atoms with Crippen LogP contribution in [0.4, 0.5) is 0 Å². The highest BCUT2D eigenvalue weighted by Gasteiger charge is 2.19. The normalized spacial score (nSPS) is 25.1. The predicted octanol–water partition coefficient (Wildman–Crippen LogP) is 2.40. The predicted molar refractivity (Wildman–Crippen MR) is 71.3 cm³/mol. The number of aliphatic hydroxyl groups is 1. The highest BCUT2D eigenvalue weighted by atomic mass is 32.1. The highest BCUT2D eigenvalue weighted by Crippen LogP contribution is 2.24. The average Bonchev–Trinajstić information content (AvgIpc) is 2.58. The molecule has 0 amide bonds. The van der Waals surface area contributed by atoms with Gasteiger partial charge in [-0.05, 0) is 45.6 Å². The van der Waals surface area contributed by atoms with E-state index >= 15 is 0 Å². The summed E-state index contributed by atoms with van der Waals surface area (Å²) >= 11 is 1.78. The molecule has 1 heterocycles. The van der Waals surface area contributed by atoms with E-state index in [2.05, 4.69) is 24.1 Å². The lowest BCUT2D eigenvalue weighted by Gasteiger charge is -2.25. The molecule has 4 heteroatoms. The van der Waals surface area contributed by atoms with Gasteiger partial charge >= 0.3 is 0 Å². The number of aromatic nitrogens is 1. The minimum atomic E-state index is -0.0667. The van der Waals surface area contributed by atoms with Crippen LogP contribution in [-0.4, -0.2) is 22.7 Å². The molecule has 1 aromatic heterocycles. The molecule has 1 aliphatic carbocycles. The summed E-state index contributed by atoms with van der Waals surface area (Å²) < 4.78 is 0. The van der Waals surface area contributed by atoms with Crippen molar-refractivity contribution in [3.05, 3.63) is 15.6 Å². The maximum absolute atomic E-state index is 9.61. The lowest BCUT2D eigenvalue weighted by molar-refractivity contribution is 0.101. The first-order chi connectivity index (χ1) is 8.15. The van der Waals surface area contributed by atoms with Crippen molar-refractivity contribution < 1.29 is 5.11 Å². The molecule has 0 aromatic carbocycles. The molecule has 0 bridgehead atoms. The van der Waals surface area contributed by atoms with Gasteiger partial charge < -0.3 is 10.4 Å². The van der Waals surface area contributed by atoms with Gasteiger partial charge in [-0.3, -0.25) is 0 Å². The monoisotopic (exact) mass is 254 g/mol. The topological polar surface area (TPSA) is 45.2 Å². The Balaban J connectivity index is 1.74. The van der Waals surface area contributed by atoms with Gasteiger partial charge in [-0.25, -0.2) is 4.98 Å². The van der Waals surface area contributed by atoms with Gasteiger partial charge in [0.15, 0.2) is 0 Å². The van der Waals surface area contributed by atoms with E-state index in [-0.39, 0.29) is 6.10 Å². The van der Waals surface area contributed by atoms with E-state index in [9.17, 15) is 5.11 Å². The third-order valence-corrected chi connectivity index (χ3v) is 4.55. The molecule has 0 radical (unpaired) electrons. The van der Waals surface area contributed by atoms with Crippen molar-refractivity contribution in [3.8, 4) is 0 Å². The van der Waals surface area contributed by atoms with E-state index in [0.29, 0.717) is 5.92 Å². The summed E-state index contributed by atoms with van der Waals surface area (Å²) in [5.74, 6) is 0.646. The van der Waals surface area contributed by atoms with Gasteiger partial charge in [0.2, 0.25) is 0 Å². The summed E-state index contributed by atoms with van der Waals surface area (Å²) in [4.78, 5) is 5.77. The molecule has 0 spiro atoms. The zero-order valence-electron chi connectivity index (χ0n) is 10.7. The first-order valence-corrected chi connectivity index (χ1v) is 7.28. The number of hydrogen-bond donors (Lipinski definition) is 2. The summed E-state index contributed by atoms with van der Waals surface area (Å²) in [6.07, 6.45) is 4.32. The van der Waals surface area contributed by atoms with Crippen molar-refractivity contribution in [2.24, 2.45) is 5.92 Å². The Bertz CT molecular complexity index is 364. The zero-order valence-corrected chi connectivity index (χ0v) is 11.5. The molecule has 3 nitrogen and oxygen atoms in total. The fourth-order valence-corrected chi connectivity index (χ4v) is 3.48. The second-order valence-electron chi connectivity index (χ2n) is 5.06. The van der Waals surface area contributed by atoms with Crippen LogP contribution in [0.15, 0.2) is 0 Å². The van der Waals surface area contributed by atoms with Crippen LogP contribution in [0.3, 0.4) is 0 Å². The van der Waals surface area contributed by atoms with Gasteiger partial charge in [0.1, 0.15) is 0 Å². The summed E-state index contributed by atoms with van der Waals surface area (Å²) in [6.45, 7) is 6.07. The number of aryl methyl sites for hydroxylation is 2. The van der Waals surface area contributed by atoms with Gasteiger partial charge in [-0.1, -0.05) is 6.42 Å². The molecular weight excluding hydrogens is 232 g/mol. The van der Waals surface area contributed by atoms with Crippen LogP contribution in [0.25, 0.3) is 0 Å². The van der Waals surface area contributed by atoms with Gasteiger partial charge in [0.25, 0.3) is 0 Å². The fraction of sp³-hybridized carbons (Fsp3) is 0.769. The third kappa shape index (κ3) is 3.76. The minimum absolute atomic E-state index is 0.0667. The minimum Gasteiger partial charge on any atom is -0.393 e. The second kappa shape index (κ2) is 5.94. The van der Waals surface area contributed by atoms with Crippen LogP contribution in [0.2, 0.25) is 0 Å². The number of nitrogens with zero attached hydrogens (tertiary/aromatic N) is 1. The smallest absolute Gasteiger partial charge is 0.0900 e. The quantitative estimate of drug-likeness (QED) is 0.867. The summed E-state index contributed by atoms with van der Waals surface area (Å²) in [5, 5.41) is 14.3. The third-order valence-electron chi connectivity index (χ3n) is 3.47. The molecule has 0 aliphatic heterocycles.